The summed E-state index contributed by atoms with van der Waals surface area (Å²) >= 11 is 0. The van der Waals surface area contributed by atoms with Crippen LogP contribution < -0.4 is 0 Å². The first kappa shape index (κ1) is 13.6. The average Bonchev–Trinajstić information content (AvgIpc) is 3.04. The Labute approximate surface area is 112 Å². The molecular weight excluding hydrogens is 246 g/mol. The smallest absolute Gasteiger partial charge is 0.339 e. The van der Waals surface area contributed by atoms with Crippen LogP contribution in [0.3, 0.4) is 0 Å². The predicted molar refractivity (Wildman–Crippen MR) is 69.3 cm³/mol. The number of carboxylic acid groups (broad SMARTS) is 1. The number of carboxylic acids is 1. The summed E-state index contributed by atoms with van der Waals surface area (Å²) in [6.45, 7) is 5.38. The van der Waals surface area contributed by atoms with Crippen molar-refractivity contribution in [2.45, 2.75) is 33.1 Å². The van der Waals surface area contributed by atoms with Crippen molar-refractivity contribution in [3.05, 3.63) is 23.2 Å². The Morgan fingerprint density at radius 3 is 2.68 bits per heavy atom. The Kier molecular flexibility index (Phi) is 3.93. The number of aromatic carboxylic acids is 1. The second-order valence-electron chi connectivity index (χ2n) is 4.92. The third-order valence-electron chi connectivity index (χ3n) is 3.72. The third kappa shape index (κ3) is 2.64. The number of carbonyl (C=O) groups excluding carboxylic acids is 1. The van der Waals surface area contributed by atoms with E-state index in [1.54, 1.807) is 4.90 Å². The second-order valence-corrected chi connectivity index (χ2v) is 4.92. The number of likely N-dealkylation sites (tertiary alicyclic amines) is 1. The minimum absolute atomic E-state index is 0.0945. The maximum Gasteiger partial charge on any atom is 0.339 e. The zero-order valence-corrected chi connectivity index (χ0v) is 11.3. The predicted octanol–water partition coefficient (Wildman–Crippen LogP) is 2.41. The van der Waals surface area contributed by atoms with Crippen molar-refractivity contribution in [3.8, 4) is 0 Å². The molecule has 1 amide bonds. The van der Waals surface area contributed by atoms with E-state index in [1.807, 2.05) is 6.92 Å². The molecule has 5 heteroatoms. The lowest BCUT2D eigenvalue weighted by Crippen LogP contribution is -2.28. The monoisotopic (exact) mass is 265 g/mol. The van der Waals surface area contributed by atoms with E-state index in [1.165, 1.54) is 6.07 Å². The highest BCUT2D eigenvalue weighted by Crippen LogP contribution is 2.23. The van der Waals surface area contributed by atoms with Crippen molar-refractivity contribution in [1.29, 1.82) is 0 Å². The summed E-state index contributed by atoms with van der Waals surface area (Å²) in [7, 11) is 0. The summed E-state index contributed by atoms with van der Waals surface area (Å²) in [5.41, 5.74) is 0.0945. The fourth-order valence-electron chi connectivity index (χ4n) is 2.48. The van der Waals surface area contributed by atoms with Crippen molar-refractivity contribution in [2.24, 2.45) is 5.92 Å². The molecule has 1 saturated heterocycles. The molecule has 1 aromatic heterocycles. The molecule has 0 aliphatic carbocycles. The van der Waals surface area contributed by atoms with Crippen LogP contribution in [0.5, 0.6) is 0 Å². The van der Waals surface area contributed by atoms with Crippen molar-refractivity contribution in [3.63, 3.8) is 0 Å². The van der Waals surface area contributed by atoms with Crippen LogP contribution in [0.25, 0.3) is 0 Å². The van der Waals surface area contributed by atoms with Gasteiger partial charge in [-0.2, -0.15) is 0 Å². The Hall–Kier alpha value is -1.78. The lowest BCUT2D eigenvalue weighted by Gasteiger charge is -2.14. The van der Waals surface area contributed by atoms with E-state index >= 15 is 0 Å². The first-order valence-corrected chi connectivity index (χ1v) is 6.72. The van der Waals surface area contributed by atoms with E-state index in [2.05, 4.69) is 6.92 Å². The van der Waals surface area contributed by atoms with Crippen molar-refractivity contribution in [1.82, 2.24) is 4.90 Å². The van der Waals surface area contributed by atoms with Gasteiger partial charge in [0.2, 0.25) is 0 Å². The highest BCUT2D eigenvalue weighted by molar-refractivity contribution is 5.96. The van der Waals surface area contributed by atoms with Crippen molar-refractivity contribution >= 4 is 11.9 Å². The van der Waals surface area contributed by atoms with Gasteiger partial charge in [0.05, 0.1) is 0 Å². The largest absolute Gasteiger partial charge is 0.478 e. The average molecular weight is 265 g/mol. The van der Waals surface area contributed by atoms with Crippen LogP contribution in [0, 0.1) is 5.92 Å². The van der Waals surface area contributed by atoms with Gasteiger partial charge in [0.1, 0.15) is 11.3 Å². The SMILES string of the molecule is CCc1oc(C(=O)N2CCC(CC)C2)cc1C(=O)O. The zero-order chi connectivity index (χ0) is 14.0. The Bertz CT molecular complexity index is 492. The maximum absolute atomic E-state index is 12.3. The van der Waals surface area contributed by atoms with Gasteiger partial charge in [-0.3, -0.25) is 4.79 Å². The van der Waals surface area contributed by atoms with Gasteiger partial charge in [0.15, 0.2) is 5.76 Å². The molecule has 0 spiro atoms. The summed E-state index contributed by atoms with van der Waals surface area (Å²) in [6.07, 6.45) is 2.53. The van der Waals surface area contributed by atoms with Gasteiger partial charge in [0.25, 0.3) is 5.91 Å². The summed E-state index contributed by atoms with van der Waals surface area (Å²) in [4.78, 5) is 25.1. The minimum Gasteiger partial charge on any atom is -0.478 e. The fourth-order valence-corrected chi connectivity index (χ4v) is 2.48. The molecular formula is C14H19NO4. The number of furan rings is 1. The summed E-state index contributed by atoms with van der Waals surface area (Å²) in [6, 6.07) is 1.35. The van der Waals surface area contributed by atoms with E-state index in [0.29, 0.717) is 18.1 Å². The van der Waals surface area contributed by atoms with Gasteiger partial charge in [-0.15, -0.1) is 0 Å². The lowest BCUT2D eigenvalue weighted by atomic mass is 10.1. The van der Waals surface area contributed by atoms with Crippen LogP contribution in [0.1, 0.15) is 53.4 Å². The fraction of sp³-hybridized carbons (Fsp3) is 0.571. The van der Waals surface area contributed by atoms with Crippen LogP contribution in [0.2, 0.25) is 0 Å². The molecule has 0 aromatic carbocycles. The van der Waals surface area contributed by atoms with Gasteiger partial charge < -0.3 is 14.4 Å². The van der Waals surface area contributed by atoms with Gasteiger partial charge in [0, 0.05) is 25.6 Å². The molecule has 1 fully saturated rings. The van der Waals surface area contributed by atoms with Gasteiger partial charge in [-0.05, 0) is 12.3 Å². The number of amides is 1. The number of carbonyl (C=O) groups is 2. The Morgan fingerprint density at radius 2 is 2.21 bits per heavy atom. The number of nitrogens with zero attached hydrogens (tertiary/aromatic N) is 1. The van der Waals surface area contributed by atoms with Crippen molar-refractivity contribution in [2.75, 3.05) is 13.1 Å². The number of aryl methyl sites for hydroxylation is 1. The highest BCUT2D eigenvalue weighted by Gasteiger charge is 2.29. The molecule has 1 unspecified atom stereocenters. The molecule has 104 valence electrons. The van der Waals surface area contributed by atoms with Gasteiger partial charge >= 0.3 is 5.97 Å². The zero-order valence-electron chi connectivity index (χ0n) is 11.3. The lowest BCUT2D eigenvalue weighted by molar-refractivity contribution is 0.0692. The van der Waals surface area contributed by atoms with Crippen LogP contribution in [-0.2, 0) is 6.42 Å². The molecule has 19 heavy (non-hydrogen) atoms. The van der Waals surface area contributed by atoms with Crippen LogP contribution >= 0.6 is 0 Å². The van der Waals surface area contributed by atoms with Crippen LogP contribution in [0.4, 0.5) is 0 Å². The highest BCUT2D eigenvalue weighted by atomic mass is 16.4. The summed E-state index contributed by atoms with van der Waals surface area (Å²) in [5, 5.41) is 9.05. The molecule has 0 saturated carbocycles. The van der Waals surface area contributed by atoms with Gasteiger partial charge in [-0.1, -0.05) is 20.3 Å². The van der Waals surface area contributed by atoms with E-state index in [-0.39, 0.29) is 17.2 Å². The first-order chi connectivity index (χ1) is 9.06. The van der Waals surface area contributed by atoms with Crippen LogP contribution in [0.15, 0.2) is 10.5 Å². The number of rotatable bonds is 4. The van der Waals surface area contributed by atoms with Crippen molar-refractivity contribution < 1.29 is 19.1 Å². The molecule has 1 atom stereocenters. The topological polar surface area (TPSA) is 70.8 Å². The third-order valence-corrected chi connectivity index (χ3v) is 3.72. The molecule has 2 rings (SSSR count). The molecule has 0 bridgehead atoms. The Morgan fingerprint density at radius 1 is 1.47 bits per heavy atom. The second kappa shape index (κ2) is 5.47. The molecule has 1 aliphatic rings. The normalized spacial score (nSPS) is 18.8. The summed E-state index contributed by atoms with van der Waals surface area (Å²) < 4.78 is 5.40. The van der Waals surface area contributed by atoms with E-state index in [4.69, 9.17) is 9.52 Å². The van der Waals surface area contributed by atoms with E-state index < -0.39 is 5.97 Å². The minimum atomic E-state index is -1.05. The maximum atomic E-state index is 12.3. The molecule has 1 aromatic rings. The quantitative estimate of drug-likeness (QED) is 0.907. The van der Waals surface area contributed by atoms with Crippen LogP contribution in [-0.4, -0.2) is 35.0 Å². The molecule has 1 aliphatic heterocycles. The Balaban J connectivity index is 2.18. The summed E-state index contributed by atoms with van der Waals surface area (Å²) in [5.74, 6) is -0.192. The standard InChI is InChI=1S/C14H19NO4/c1-3-9-5-6-15(8-9)13(16)12-7-10(14(17)18)11(4-2)19-12/h7,9H,3-6,8H2,1-2H3,(H,17,18). The molecule has 5 nitrogen and oxygen atoms in total. The number of hydrogen-bond donors (Lipinski definition) is 1. The number of hydrogen-bond acceptors (Lipinski definition) is 3. The van der Waals surface area contributed by atoms with E-state index in [0.717, 1.165) is 25.9 Å². The first-order valence-electron chi connectivity index (χ1n) is 6.72. The molecule has 1 N–H and O–H groups in total. The van der Waals surface area contributed by atoms with E-state index in [9.17, 15) is 9.59 Å². The van der Waals surface area contributed by atoms with Gasteiger partial charge in [-0.25, -0.2) is 4.79 Å². The molecule has 2 heterocycles. The molecule has 0 radical (unpaired) electrons.